The van der Waals surface area contributed by atoms with Crippen LogP contribution in [0.5, 0.6) is 11.6 Å². The lowest BCUT2D eigenvalue weighted by Crippen LogP contribution is -2.17. The van der Waals surface area contributed by atoms with E-state index in [0.717, 1.165) is 5.56 Å². The van der Waals surface area contributed by atoms with E-state index in [-0.39, 0.29) is 22.2 Å². The van der Waals surface area contributed by atoms with Crippen LogP contribution in [-0.2, 0) is 10.0 Å². The van der Waals surface area contributed by atoms with Gasteiger partial charge in [-0.3, -0.25) is 0 Å². The third kappa shape index (κ3) is 3.84. The Morgan fingerprint density at radius 1 is 1.14 bits per heavy atom. The quantitative estimate of drug-likeness (QED) is 0.632. The highest BCUT2D eigenvalue weighted by molar-refractivity contribution is 7.90. The van der Waals surface area contributed by atoms with Crippen molar-refractivity contribution in [1.82, 2.24) is 9.19 Å². The molecule has 2 N–H and O–H groups in total. The standard InChI is InChI=1S/C19H19N3O5S/c1-3-26-16-7-5-4-6-15(16)19(23)27-18-12-17(20)22(21-18)28(24,25)14-10-8-13(2)9-11-14/h4-12H,3,20H2,1-2H3. The van der Waals surface area contributed by atoms with Crippen LogP contribution in [0.2, 0.25) is 0 Å². The van der Waals surface area contributed by atoms with Gasteiger partial charge in [-0.25, -0.2) is 4.79 Å². The van der Waals surface area contributed by atoms with Crippen molar-refractivity contribution in [3.8, 4) is 11.6 Å². The molecule has 9 heteroatoms. The average molecular weight is 401 g/mol. The van der Waals surface area contributed by atoms with Crippen molar-refractivity contribution < 1.29 is 22.7 Å². The summed E-state index contributed by atoms with van der Waals surface area (Å²) in [5.74, 6) is -0.790. The number of anilines is 1. The number of rotatable bonds is 6. The van der Waals surface area contributed by atoms with E-state index in [0.29, 0.717) is 16.4 Å². The molecule has 3 rings (SSSR count). The zero-order valence-electron chi connectivity index (χ0n) is 15.3. The molecule has 0 aliphatic heterocycles. The van der Waals surface area contributed by atoms with Gasteiger partial charge in [-0.1, -0.05) is 29.8 Å². The predicted octanol–water partition coefficient (Wildman–Crippen LogP) is 2.63. The third-order valence-corrected chi connectivity index (χ3v) is 5.45. The molecule has 0 bridgehead atoms. The summed E-state index contributed by atoms with van der Waals surface area (Å²) >= 11 is 0. The summed E-state index contributed by atoms with van der Waals surface area (Å²) in [4.78, 5) is 12.5. The number of hydrogen-bond donors (Lipinski definition) is 1. The molecule has 2 aromatic carbocycles. The molecule has 0 atom stereocenters. The van der Waals surface area contributed by atoms with Gasteiger partial charge in [0.25, 0.3) is 10.0 Å². The molecule has 0 amide bonds. The molecule has 28 heavy (non-hydrogen) atoms. The van der Waals surface area contributed by atoms with Gasteiger partial charge in [-0.15, -0.1) is 9.19 Å². The lowest BCUT2D eigenvalue weighted by Gasteiger charge is -2.08. The van der Waals surface area contributed by atoms with Crippen LogP contribution in [0, 0.1) is 6.92 Å². The Labute approximate surface area is 162 Å². The van der Waals surface area contributed by atoms with E-state index in [4.69, 9.17) is 15.2 Å². The maximum Gasteiger partial charge on any atom is 0.348 e. The van der Waals surface area contributed by atoms with E-state index in [9.17, 15) is 13.2 Å². The number of esters is 1. The van der Waals surface area contributed by atoms with Crippen molar-refractivity contribution >= 4 is 21.8 Å². The molecule has 0 aliphatic rings. The van der Waals surface area contributed by atoms with Crippen molar-refractivity contribution in [3.63, 3.8) is 0 Å². The zero-order valence-corrected chi connectivity index (χ0v) is 16.1. The number of nitrogen functional groups attached to an aromatic ring is 1. The fourth-order valence-corrected chi connectivity index (χ4v) is 3.67. The monoisotopic (exact) mass is 401 g/mol. The normalized spacial score (nSPS) is 11.2. The summed E-state index contributed by atoms with van der Waals surface area (Å²) in [5, 5.41) is 3.84. The molecule has 0 spiro atoms. The molecule has 0 aliphatic carbocycles. The summed E-state index contributed by atoms with van der Waals surface area (Å²) in [6, 6.07) is 14.0. The summed E-state index contributed by atoms with van der Waals surface area (Å²) in [6.07, 6.45) is 0. The number of aromatic nitrogens is 2. The Morgan fingerprint density at radius 2 is 1.82 bits per heavy atom. The Kier molecular flexibility index (Phi) is 5.36. The smallest absolute Gasteiger partial charge is 0.348 e. The molecular formula is C19H19N3O5S. The van der Waals surface area contributed by atoms with Crippen molar-refractivity contribution in [2.45, 2.75) is 18.7 Å². The molecule has 1 heterocycles. The first-order valence-corrected chi connectivity index (χ1v) is 9.88. The van der Waals surface area contributed by atoms with E-state index in [1.807, 2.05) is 6.92 Å². The summed E-state index contributed by atoms with van der Waals surface area (Å²) in [5.41, 5.74) is 6.90. The summed E-state index contributed by atoms with van der Waals surface area (Å²) < 4.78 is 36.7. The molecule has 146 valence electrons. The van der Waals surface area contributed by atoms with Gasteiger partial charge in [0.15, 0.2) is 0 Å². The van der Waals surface area contributed by atoms with Crippen LogP contribution in [0.25, 0.3) is 0 Å². The first kappa shape index (κ1) is 19.4. The number of ether oxygens (including phenoxy) is 2. The van der Waals surface area contributed by atoms with Gasteiger partial charge >= 0.3 is 5.97 Å². The molecule has 0 saturated carbocycles. The molecule has 0 saturated heterocycles. The van der Waals surface area contributed by atoms with Crippen LogP contribution < -0.4 is 15.2 Å². The minimum atomic E-state index is -4.02. The highest BCUT2D eigenvalue weighted by atomic mass is 32.2. The van der Waals surface area contributed by atoms with E-state index < -0.39 is 16.0 Å². The van der Waals surface area contributed by atoms with Crippen LogP contribution in [0.1, 0.15) is 22.8 Å². The average Bonchev–Trinajstić information content (AvgIpc) is 3.03. The van der Waals surface area contributed by atoms with E-state index >= 15 is 0 Å². The van der Waals surface area contributed by atoms with Crippen molar-refractivity contribution in [1.29, 1.82) is 0 Å². The fraction of sp³-hybridized carbons (Fsp3) is 0.158. The number of para-hydroxylation sites is 1. The maximum atomic E-state index is 12.7. The second-order valence-corrected chi connectivity index (χ2v) is 7.65. The number of nitrogens with two attached hydrogens (primary N) is 1. The molecule has 0 unspecified atom stereocenters. The summed E-state index contributed by atoms with van der Waals surface area (Å²) in [7, 11) is -4.02. The Morgan fingerprint density at radius 3 is 2.50 bits per heavy atom. The number of aryl methyl sites for hydroxylation is 1. The Bertz CT molecular complexity index is 1100. The van der Waals surface area contributed by atoms with Gasteiger partial charge < -0.3 is 15.2 Å². The largest absolute Gasteiger partial charge is 0.493 e. The van der Waals surface area contributed by atoms with Crippen LogP contribution in [0.3, 0.4) is 0 Å². The minimum Gasteiger partial charge on any atom is -0.493 e. The van der Waals surface area contributed by atoms with Crippen LogP contribution in [-0.4, -0.2) is 30.2 Å². The fourth-order valence-electron chi connectivity index (χ4n) is 2.48. The van der Waals surface area contributed by atoms with Crippen LogP contribution in [0.4, 0.5) is 5.82 Å². The molecule has 0 fully saturated rings. The predicted molar refractivity (Wildman–Crippen MR) is 103 cm³/mol. The maximum absolute atomic E-state index is 12.7. The Balaban J connectivity index is 1.89. The third-order valence-electron chi connectivity index (χ3n) is 3.83. The summed E-state index contributed by atoms with van der Waals surface area (Å²) in [6.45, 7) is 4.01. The van der Waals surface area contributed by atoms with Crippen molar-refractivity contribution in [3.05, 3.63) is 65.7 Å². The molecule has 8 nitrogen and oxygen atoms in total. The molecular weight excluding hydrogens is 382 g/mol. The highest BCUT2D eigenvalue weighted by Gasteiger charge is 2.23. The van der Waals surface area contributed by atoms with Crippen LogP contribution in [0.15, 0.2) is 59.5 Å². The SMILES string of the molecule is CCOc1ccccc1C(=O)Oc1cc(N)n(S(=O)(=O)c2ccc(C)cc2)n1. The first-order chi connectivity index (χ1) is 13.3. The Hall–Kier alpha value is -3.33. The van der Waals surface area contributed by atoms with E-state index in [1.54, 1.807) is 37.3 Å². The van der Waals surface area contributed by atoms with Crippen molar-refractivity contribution in [2.75, 3.05) is 12.3 Å². The lowest BCUT2D eigenvalue weighted by molar-refractivity contribution is 0.0722. The van der Waals surface area contributed by atoms with Gasteiger partial charge in [-0.2, -0.15) is 8.42 Å². The van der Waals surface area contributed by atoms with E-state index in [1.165, 1.54) is 24.3 Å². The second-order valence-electron chi connectivity index (χ2n) is 5.89. The number of nitrogens with zero attached hydrogens (tertiary/aromatic N) is 2. The number of benzene rings is 2. The van der Waals surface area contributed by atoms with Crippen molar-refractivity contribution in [2.24, 2.45) is 0 Å². The van der Waals surface area contributed by atoms with Crippen LogP contribution >= 0.6 is 0 Å². The number of hydrogen-bond acceptors (Lipinski definition) is 7. The van der Waals surface area contributed by atoms with Gasteiger partial charge in [-0.05, 0) is 38.1 Å². The minimum absolute atomic E-state index is 0.0208. The topological polar surface area (TPSA) is 114 Å². The lowest BCUT2D eigenvalue weighted by atomic mass is 10.2. The van der Waals surface area contributed by atoms with Gasteiger partial charge in [0.1, 0.15) is 17.1 Å². The zero-order chi connectivity index (χ0) is 20.3. The van der Waals surface area contributed by atoms with E-state index in [2.05, 4.69) is 5.10 Å². The molecule has 1 aromatic heterocycles. The van der Waals surface area contributed by atoms with Gasteiger partial charge in [0.05, 0.1) is 11.5 Å². The van der Waals surface area contributed by atoms with Gasteiger partial charge in [0.2, 0.25) is 5.88 Å². The second kappa shape index (κ2) is 7.73. The van der Waals surface area contributed by atoms with Gasteiger partial charge in [0, 0.05) is 6.07 Å². The number of carbonyl (C=O) groups excluding carboxylic acids is 1. The molecule has 3 aromatic rings. The number of carbonyl (C=O) groups is 1. The highest BCUT2D eigenvalue weighted by Crippen LogP contribution is 2.24. The molecule has 0 radical (unpaired) electrons. The first-order valence-electron chi connectivity index (χ1n) is 8.44.